The van der Waals surface area contributed by atoms with Crippen molar-refractivity contribution in [1.82, 2.24) is 19.9 Å². The highest BCUT2D eigenvalue weighted by atomic mass is 32.1. The topological polar surface area (TPSA) is 74.2 Å². The second kappa shape index (κ2) is 9.64. The van der Waals surface area contributed by atoms with Gasteiger partial charge in [-0.1, -0.05) is 6.92 Å². The number of anilines is 2. The average Bonchev–Trinajstić information content (AvgIpc) is 3.37. The van der Waals surface area contributed by atoms with E-state index in [1.54, 1.807) is 17.7 Å². The molecule has 0 bridgehead atoms. The second-order valence-electron chi connectivity index (χ2n) is 9.54. The fourth-order valence-corrected chi connectivity index (χ4v) is 6.76. The molecule has 2 aliphatic heterocycles. The molecule has 33 heavy (non-hydrogen) atoms. The molecule has 0 aliphatic carbocycles. The van der Waals surface area contributed by atoms with Crippen LogP contribution in [-0.2, 0) is 11.3 Å². The largest absolute Gasteiger partial charge is 0.356 e. The summed E-state index contributed by atoms with van der Waals surface area (Å²) in [5.74, 6) is 1.88. The predicted octanol–water partition coefficient (Wildman–Crippen LogP) is 4.85. The lowest BCUT2D eigenvalue weighted by molar-refractivity contribution is -0.120. The first kappa shape index (κ1) is 22.7. The third-order valence-corrected chi connectivity index (χ3v) is 8.94. The summed E-state index contributed by atoms with van der Waals surface area (Å²) in [6, 6.07) is 0. The zero-order valence-corrected chi connectivity index (χ0v) is 21.3. The standard InChI is InChI=1S/C24H32N6OS2/c1-15-5-4-8-29(11-15)12-19-13-32-24(27-19)28-22(31)18-6-9-30(10-7-18)21-20-16(2)17(3)33-23(20)26-14-25-21/h13-15,18H,4-12H2,1-3H3,(H,27,28,31). The van der Waals surface area contributed by atoms with Gasteiger partial charge in [0.15, 0.2) is 5.13 Å². The number of aryl methyl sites for hydroxylation is 2. The number of thiazole rings is 1. The van der Waals surface area contributed by atoms with E-state index < -0.39 is 0 Å². The Hall–Kier alpha value is -2.10. The molecule has 1 atom stereocenters. The molecule has 2 saturated heterocycles. The Morgan fingerprint density at radius 1 is 1.18 bits per heavy atom. The van der Waals surface area contributed by atoms with Gasteiger partial charge in [-0.05, 0) is 57.6 Å². The van der Waals surface area contributed by atoms with Crippen LogP contribution in [0.25, 0.3) is 10.2 Å². The highest BCUT2D eigenvalue weighted by Gasteiger charge is 2.28. The summed E-state index contributed by atoms with van der Waals surface area (Å²) >= 11 is 3.26. The zero-order valence-electron chi connectivity index (χ0n) is 19.6. The number of hydrogen-bond donors (Lipinski definition) is 1. The first-order valence-electron chi connectivity index (χ1n) is 11.9. The van der Waals surface area contributed by atoms with Crippen molar-refractivity contribution in [2.45, 2.75) is 53.0 Å². The van der Waals surface area contributed by atoms with Crippen LogP contribution in [0.3, 0.4) is 0 Å². The van der Waals surface area contributed by atoms with E-state index in [9.17, 15) is 4.79 Å². The Labute approximate surface area is 203 Å². The number of likely N-dealkylation sites (tertiary alicyclic amines) is 1. The number of carbonyl (C=O) groups excluding carboxylic acids is 1. The molecule has 5 rings (SSSR count). The van der Waals surface area contributed by atoms with E-state index in [-0.39, 0.29) is 11.8 Å². The van der Waals surface area contributed by atoms with Crippen LogP contribution < -0.4 is 10.2 Å². The van der Waals surface area contributed by atoms with Crippen LogP contribution >= 0.6 is 22.7 Å². The van der Waals surface area contributed by atoms with Gasteiger partial charge in [-0.25, -0.2) is 15.0 Å². The molecule has 1 N–H and O–H groups in total. The minimum Gasteiger partial charge on any atom is -0.356 e. The average molecular weight is 485 g/mol. The fraction of sp³-hybridized carbons (Fsp3) is 0.583. The van der Waals surface area contributed by atoms with E-state index >= 15 is 0 Å². The molecule has 0 saturated carbocycles. The van der Waals surface area contributed by atoms with Crippen molar-refractivity contribution >= 4 is 49.7 Å². The van der Waals surface area contributed by atoms with E-state index in [0.29, 0.717) is 0 Å². The Kier molecular flexibility index (Phi) is 6.62. The molecule has 0 radical (unpaired) electrons. The quantitative estimate of drug-likeness (QED) is 0.558. The van der Waals surface area contributed by atoms with Crippen molar-refractivity contribution in [1.29, 1.82) is 0 Å². The van der Waals surface area contributed by atoms with Gasteiger partial charge in [0.05, 0.1) is 11.1 Å². The first-order valence-corrected chi connectivity index (χ1v) is 13.6. The lowest BCUT2D eigenvalue weighted by atomic mass is 9.96. The molecule has 176 valence electrons. The number of piperidine rings is 2. The maximum Gasteiger partial charge on any atom is 0.229 e. The van der Waals surface area contributed by atoms with Crippen molar-refractivity contribution < 1.29 is 4.79 Å². The molecule has 3 aromatic rings. The van der Waals surface area contributed by atoms with Gasteiger partial charge in [0.2, 0.25) is 5.91 Å². The van der Waals surface area contributed by atoms with E-state index in [1.807, 2.05) is 0 Å². The maximum atomic E-state index is 12.9. The smallest absolute Gasteiger partial charge is 0.229 e. The van der Waals surface area contributed by atoms with Gasteiger partial charge < -0.3 is 10.2 Å². The van der Waals surface area contributed by atoms with E-state index in [1.165, 1.54) is 40.0 Å². The summed E-state index contributed by atoms with van der Waals surface area (Å²) in [7, 11) is 0. The van der Waals surface area contributed by atoms with Crippen molar-refractivity contribution in [2.75, 3.05) is 36.4 Å². The number of carbonyl (C=O) groups is 1. The number of nitrogens with one attached hydrogen (secondary N) is 1. The highest BCUT2D eigenvalue weighted by molar-refractivity contribution is 7.18. The van der Waals surface area contributed by atoms with Crippen LogP contribution in [0.5, 0.6) is 0 Å². The van der Waals surface area contributed by atoms with Crippen molar-refractivity contribution in [3.63, 3.8) is 0 Å². The molecule has 5 heterocycles. The predicted molar refractivity (Wildman–Crippen MR) is 136 cm³/mol. The summed E-state index contributed by atoms with van der Waals surface area (Å²) in [5, 5.41) is 7.06. The number of nitrogens with zero attached hydrogens (tertiary/aromatic N) is 5. The number of thiophene rings is 1. The number of amides is 1. The van der Waals surface area contributed by atoms with Crippen LogP contribution in [0, 0.1) is 25.7 Å². The molecular formula is C24H32N6OS2. The SMILES string of the molecule is Cc1sc2ncnc(N3CCC(C(=O)Nc4nc(CN5CCCC(C)C5)cs4)CC3)c2c1C. The summed E-state index contributed by atoms with van der Waals surface area (Å²) in [6.45, 7) is 11.4. The van der Waals surface area contributed by atoms with Gasteiger partial charge in [0.25, 0.3) is 0 Å². The van der Waals surface area contributed by atoms with Crippen molar-refractivity contribution in [2.24, 2.45) is 11.8 Å². The van der Waals surface area contributed by atoms with Crippen LogP contribution in [0.1, 0.15) is 48.7 Å². The molecule has 2 fully saturated rings. The molecular weight excluding hydrogens is 452 g/mol. The second-order valence-corrected chi connectivity index (χ2v) is 11.6. The number of hydrogen-bond acceptors (Lipinski definition) is 8. The minimum absolute atomic E-state index is 0.0131. The lowest BCUT2D eigenvalue weighted by Gasteiger charge is -2.32. The lowest BCUT2D eigenvalue weighted by Crippen LogP contribution is -2.38. The van der Waals surface area contributed by atoms with Crippen LogP contribution in [-0.4, -0.2) is 51.9 Å². The summed E-state index contributed by atoms with van der Waals surface area (Å²) < 4.78 is 0. The Morgan fingerprint density at radius 2 is 2.00 bits per heavy atom. The Morgan fingerprint density at radius 3 is 2.79 bits per heavy atom. The fourth-order valence-electron chi connectivity index (χ4n) is 5.06. The monoisotopic (exact) mass is 484 g/mol. The molecule has 7 nitrogen and oxygen atoms in total. The van der Waals surface area contributed by atoms with Crippen molar-refractivity contribution in [3.8, 4) is 0 Å². The third-order valence-electron chi connectivity index (χ3n) is 7.02. The van der Waals surface area contributed by atoms with E-state index in [2.05, 4.69) is 51.2 Å². The van der Waals surface area contributed by atoms with Gasteiger partial charge >= 0.3 is 0 Å². The summed E-state index contributed by atoms with van der Waals surface area (Å²) in [6.07, 6.45) is 5.89. The molecule has 0 aromatic carbocycles. The molecule has 1 unspecified atom stereocenters. The van der Waals surface area contributed by atoms with Crippen LogP contribution in [0.15, 0.2) is 11.7 Å². The number of rotatable bonds is 5. The van der Waals surface area contributed by atoms with Gasteiger partial charge in [-0.2, -0.15) is 0 Å². The van der Waals surface area contributed by atoms with Crippen LogP contribution in [0.4, 0.5) is 10.9 Å². The zero-order chi connectivity index (χ0) is 22.9. The molecule has 2 aliphatic rings. The minimum atomic E-state index is 0.0131. The third kappa shape index (κ3) is 4.90. The maximum absolute atomic E-state index is 12.9. The van der Waals surface area contributed by atoms with Gasteiger partial charge in [0.1, 0.15) is 17.0 Å². The van der Waals surface area contributed by atoms with E-state index in [0.717, 1.165) is 73.0 Å². The van der Waals surface area contributed by atoms with Crippen LogP contribution in [0.2, 0.25) is 0 Å². The normalized spacial score (nSPS) is 20.5. The van der Waals surface area contributed by atoms with E-state index in [4.69, 9.17) is 4.98 Å². The van der Waals surface area contributed by atoms with Gasteiger partial charge in [-0.15, -0.1) is 22.7 Å². The molecule has 0 spiro atoms. The molecule has 9 heteroatoms. The number of aromatic nitrogens is 3. The molecule has 1 amide bonds. The first-order chi connectivity index (χ1) is 16.0. The highest BCUT2D eigenvalue weighted by Crippen LogP contribution is 2.35. The summed E-state index contributed by atoms with van der Waals surface area (Å²) in [4.78, 5) is 33.8. The number of fused-ring (bicyclic) bond motifs is 1. The van der Waals surface area contributed by atoms with Crippen molar-refractivity contribution in [3.05, 3.63) is 27.8 Å². The summed E-state index contributed by atoms with van der Waals surface area (Å²) in [5.41, 5.74) is 2.33. The Bertz CT molecular complexity index is 1130. The molecule has 3 aromatic heterocycles. The van der Waals surface area contributed by atoms with Gasteiger partial charge in [-0.3, -0.25) is 9.69 Å². The van der Waals surface area contributed by atoms with Gasteiger partial charge in [0, 0.05) is 42.4 Å². The Balaban J connectivity index is 1.17.